The van der Waals surface area contributed by atoms with Gasteiger partial charge in [0.2, 0.25) is 0 Å². The second-order valence-electron chi connectivity index (χ2n) is 6.42. The lowest BCUT2D eigenvalue weighted by Gasteiger charge is -2.26. The van der Waals surface area contributed by atoms with E-state index in [0.717, 1.165) is 57.1 Å². The number of nitrogens with one attached hydrogen (secondary N) is 2. The lowest BCUT2D eigenvalue weighted by atomic mass is 10.2. The molecule has 2 heterocycles. The molecule has 3 rings (SSSR count). The highest BCUT2D eigenvalue weighted by Crippen LogP contribution is 2.16. The second-order valence-corrected chi connectivity index (χ2v) is 8.10. The summed E-state index contributed by atoms with van der Waals surface area (Å²) in [7, 11) is -3.63. The molecule has 1 saturated heterocycles. The number of aromatic nitrogens is 1. The van der Waals surface area contributed by atoms with Crippen molar-refractivity contribution in [1.82, 2.24) is 9.88 Å². The summed E-state index contributed by atoms with van der Waals surface area (Å²) in [5.74, 6) is 0.299. The summed E-state index contributed by atoms with van der Waals surface area (Å²) in [4.78, 5) is 6.78. The average molecular weight is 391 g/mol. The van der Waals surface area contributed by atoms with Crippen LogP contribution in [-0.2, 0) is 21.2 Å². The minimum Gasteiger partial charge on any atom is -0.383 e. The molecule has 0 saturated carbocycles. The van der Waals surface area contributed by atoms with Crippen LogP contribution >= 0.6 is 0 Å². The summed E-state index contributed by atoms with van der Waals surface area (Å²) >= 11 is 0. The van der Waals surface area contributed by atoms with E-state index in [1.807, 2.05) is 25.1 Å². The van der Waals surface area contributed by atoms with Gasteiger partial charge in [0, 0.05) is 26.2 Å². The minimum atomic E-state index is -3.63. The van der Waals surface area contributed by atoms with E-state index in [4.69, 9.17) is 4.74 Å². The maximum absolute atomic E-state index is 12.5. The second kappa shape index (κ2) is 9.16. The summed E-state index contributed by atoms with van der Waals surface area (Å²) in [6, 6.07) is 10.4. The molecule has 0 atom stereocenters. The molecule has 0 amide bonds. The van der Waals surface area contributed by atoms with Crippen LogP contribution in [0.15, 0.2) is 47.5 Å². The molecule has 1 fully saturated rings. The van der Waals surface area contributed by atoms with Crippen molar-refractivity contribution in [2.45, 2.75) is 18.2 Å². The van der Waals surface area contributed by atoms with Gasteiger partial charge in [-0.05, 0) is 36.2 Å². The Morgan fingerprint density at radius 2 is 1.85 bits per heavy atom. The Balaban J connectivity index is 1.53. The summed E-state index contributed by atoms with van der Waals surface area (Å²) in [6.07, 6.45) is 2.51. The fourth-order valence-corrected chi connectivity index (χ4v) is 3.85. The van der Waals surface area contributed by atoms with Crippen LogP contribution in [0.25, 0.3) is 0 Å². The Morgan fingerprint density at radius 1 is 1.11 bits per heavy atom. The van der Waals surface area contributed by atoms with Gasteiger partial charge in [-0.15, -0.1) is 0 Å². The number of hydrogen-bond donors (Lipinski definition) is 2. The molecule has 0 aliphatic carbocycles. The monoisotopic (exact) mass is 390 g/mol. The maximum atomic E-state index is 12.5. The molecule has 1 aliphatic heterocycles. The fourth-order valence-electron chi connectivity index (χ4n) is 2.84. The molecular weight excluding hydrogens is 364 g/mol. The van der Waals surface area contributed by atoms with Crippen LogP contribution in [-0.4, -0.2) is 57.7 Å². The molecule has 0 bridgehead atoms. The first-order valence-electron chi connectivity index (χ1n) is 9.18. The minimum absolute atomic E-state index is 0.231. The molecule has 0 radical (unpaired) electrons. The zero-order valence-electron chi connectivity index (χ0n) is 15.5. The molecule has 1 aliphatic rings. The largest absolute Gasteiger partial charge is 0.383 e. The van der Waals surface area contributed by atoms with Crippen molar-refractivity contribution in [2.75, 3.05) is 49.4 Å². The van der Waals surface area contributed by atoms with E-state index in [2.05, 4.69) is 19.9 Å². The summed E-state index contributed by atoms with van der Waals surface area (Å²) < 4.78 is 32.8. The Bertz CT molecular complexity index is 817. The molecule has 8 heteroatoms. The number of morpholine rings is 1. The van der Waals surface area contributed by atoms with Crippen molar-refractivity contribution in [1.29, 1.82) is 0 Å². The van der Waals surface area contributed by atoms with Gasteiger partial charge >= 0.3 is 0 Å². The molecule has 2 aromatic rings. The van der Waals surface area contributed by atoms with Crippen LogP contribution < -0.4 is 10.0 Å². The first-order chi connectivity index (χ1) is 13.1. The van der Waals surface area contributed by atoms with E-state index in [1.54, 1.807) is 24.4 Å². The van der Waals surface area contributed by atoms with Crippen molar-refractivity contribution in [3.8, 4) is 0 Å². The number of benzene rings is 1. The standard InChI is InChI=1S/C19H26N4O3S/c1-2-16-3-6-18(7-4-16)27(24,25)22-19-8-5-17(15-21-19)20-9-10-23-11-13-26-14-12-23/h3-8,15,20H,2,9-14H2,1H3,(H,21,22). The van der Waals surface area contributed by atoms with E-state index in [9.17, 15) is 8.42 Å². The van der Waals surface area contributed by atoms with Crippen molar-refractivity contribution >= 4 is 21.5 Å². The Kier molecular flexibility index (Phi) is 6.65. The van der Waals surface area contributed by atoms with Gasteiger partial charge in [0.1, 0.15) is 5.82 Å². The van der Waals surface area contributed by atoms with E-state index < -0.39 is 10.0 Å². The van der Waals surface area contributed by atoms with Crippen molar-refractivity contribution in [3.63, 3.8) is 0 Å². The number of nitrogens with zero attached hydrogens (tertiary/aromatic N) is 2. The highest BCUT2D eigenvalue weighted by Gasteiger charge is 2.14. The van der Waals surface area contributed by atoms with Crippen LogP contribution in [0.1, 0.15) is 12.5 Å². The molecule has 1 aromatic carbocycles. The molecule has 146 valence electrons. The van der Waals surface area contributed by atoms with Crippen LogP contribution in [0.4, 0.5) is 11.5 Å². The van der Waals surface area contributed by atoms with Crippen molar-refractivity contribution < 1.29 is 13.2 Å². The normalized spacial score (nSPS) is 15.4. The summed E-state index contributed by atoms with van der Waals surface area (Å²) in [6.45, 7) is 7.26. The quantitative estimate of drug-likeness (QED) is 0.719. The Morgan fingerprint density at radius 3 is 2.48 bits per heavy atom. The number of aryl methyl sites for hydroxylation is 1. The fraction of sp³-hybridized carbons (Fsp3) is 0.421. The maximum Gasteiger partial charge on any atom is 0.263 e. The average Bonchev–Trinajstić information content (AvgIpc) is 2.70. The van der Waals surface area contributed by atoms with Gasteiger partial charge < -0.3 is 10.1 Å². The first-order valence-corrected chi connectivity index (χ1v) is 10.7. The molecule has 7 nitrogen and oxygen atoms in total. The lowest BCUT2D eigenvalue weighted by Crippen LogP contribution is -2.39. The number of ether oxygens (including phenoxy) is 1. The van der Waals surface area contributed by atoms with Gasteiger partial charge in [-0.2, -0.15) is 0 Å². The Hall–Kier alpha value is -2.16. The van der Waals surface area contributed by atoms with E-state index in [-0.39, 0.29) is 4.90 Å². The number of pyridine rings is 1. The summed E-state index contributed by atoms with van der Waals surface area (Å²) in [5, 5.41) is 3.30. The van der Waals surface area contributed by atoms with Gasteiger partial charge in [-0.3, -0.25) is 9.62 Å². The SMILES string of the molecule is CCc1ccc(S(=O)(=O)Nc2ccc(NCCN3CCOCC3)cn2)cc1. The first kappa shape index (κ1) is 19.6. The highest BCUT2D eigenvalue weighted by atomic mass is 32.2. The highest BCUT2D eigenvalue weighted by molar-refractivity contribution is 7.92. The van der Waals surface area contributed by atoms with Crippen LogP contribution in [0.5, 0.6) is 0 Å². The van der Waals surface area contributed by atoms with E-state index in [1.165, 1.54) is 0 Å². The Labute approximate surface area is 160 Å². The number of hydrogen-bond acceptors (Lipinski definition) is 6. The van der Waals surface area contributed by atoms with Gasteiger partial charge in [0.05, 0.1) is 30.0 Å². The predicted octanol–water partition coefficient (Wildman–Crippen LogP) is 2.19. The third kappa shape index (κ3) is 5.66. The third-order valence-corrected chi connectivity index (χ3v) is 5.88. The molecule has 1 aromatic heterocycles. The number of sulfonamides is 1. The van der Waals surface area contributed by atoms with E-state index >= 15 is 0 Å². The van der Waals surface area contributed by atoms with E-state index in [0.29, 0.717) is 5.82 Å². The molecular formula is C19H26N4O3S. The van der Waals surface area contributed by atoms with Crippen molar-refractivity contribution in [3.05, 3.63) is 48.2 Å². The molecule has 0 unspecified atom stereocenters. The third-order valence-electron chi connectivity index (χ3n) is 4.51. The molecule has 0 spiro atoms. The van der Waals surface area contributed by atoms with Crippen LogP contribution in [0.3, 0.4) is 0 Å². The number of rotatable bonds is 8. The zero-order valence-corrected chi connectivity index (χ0v) is 16.3. The molecule has 2 N–H and O–H groups in total. The summed E-state index contributed by atoms with van der Waals surface area (Å²) in [5.41, 5.74) is 1.96. The van der Waals surface area contributed by atoms with Crippen LogP contribution in [0, 0.1) is 0 Å². The topological polar surface area (TPSA) is 83.6 Å². The lowest BCUT2D eigenvalue weighted by molar-refractivity contribution is 0.0398. The zero-order chi connectivity index (χ0) is 19.1. The van der Waals surface area contributed by atoms with Gasteiger partial charge in [-0.1, -0.05) is 19.1 Å². The van der Waals surface area contributed by atoms with Crippen LogP contribution in [0.2, 0.25) is 0 Å². The van der Waals surface area contributed by atoms with Gasteiger partial charge in [0.15, 0.2) is 0 Å². The number of anilines is 2. The van der Waals surface area contributed by atoms with Gasteiger partial charge in [-0.25, -0.2) is 13.4 Å². The smallest absolute Gasteiger partial charge is 0.263 e. The van der Waals surface area contributed by atoms with Gasteiger partial charge in [0.25, 0.3) is 10.0 Å². The van der Waals surface area contributed by atoms with Crippen molar-refractivity contribution in [2.24, 2.45) is 0 Å². The molecule has 27 heavy (non-hydrogen) atoms. The predicted molar refractivity (Wildman–Crippen MR) is 107 cm³/mol.